The monoisotopic (exact) mass is 514 g/mol. The van der Waals surface area contributed by atoms with Crippen LogP contribution in [0.3, 0.4) is 0 Å². The van der Waals surface area contributed by atoms with E-state index in [9.17, 15) is 18.0 Å². The van der Waals surface area contributed by atoms with E-state index in [2.05, 4.69) is 31.0 Å². The van der Waals surface area contributed by atoms with Gasteiger partial charge in [0.1, 0.15) is 5.52 Å². The molecular formula is C21H15BrN4O5S. The lowest BCUT2D eigenvalue weighted by Gasteiger charge is -2.10. The normalized spacial score (nSPS) is 11.3. The van der Waals surface area contributed by atoms with Gasteiger partial charge in [0.15, 0.2) is 6.73 Å². The fourth-order valence-electron chi connectivity index (χ4n) is 2.83. The van der Waals surface area contributed by atoms with Crippen LogP contribution in [-0.4, -0.2) is 29.4 Å². The zero-order valence-electron chi connectivity index (χ0n) is 16.3. The quantitative estimate of drug-likeness (QED) is 0.392. The first kappa shape index (κ1) is 21.7. The van der Waals surface area contributed by atoms with E-state index in [4.69, 9.17) is 4.74 Å². The lowest BCUT2D eigenvalue weighted by Crippen LogP contribution is -2.26. The number of carbonyl (C=O) groups is 1. The number of fused-ring (bicyclic) bond motifs is 1. The first-order valence-electron chi connectivity index (χ1n) is 9.22. The zero-order chi connectivity index (χ0) is 22.7. The van der Waals surface area contributed by atoms with E-state index < -0.39 is 28.3 Å². The Hall–Kier alpha value is -3.57. The van der Waals surface area contributed by atoms with Gasteiger partial charge in [-0.2, -0.15) is 4.68 Å². The Morgan fingerprint density at radius 3 is 2.56 bits per heavy atom. The van der Waals surface area contributed by atoms with Gasteiger partial charge in [0.2, 0.25) is 0 Å². The van der Waals surface area contributed by atoms with Gasteiger partial charge < -0.3 is 4.74 Å². The molecule has 11 heteroatoms. The number of carbonyl (C=O) groups excluding carboxylic acids is 1. The van der Waals surface area contributed by atoms with Crippen LogP contribution >= 0.6 is 15.9 Å². The van der Waals surface area contributed by atoms with E-state index in [1.807, 2.05) is 0 Å². The molecule has 9 nitrogen and oxygen atoms in total. The first-order chi connectivity index (χ1) is 15.3. The Bertz CT molecular complexity index is 1470. The van der Waals surface area contributed by atoms with Crippen molar-refractivity contribution in [2.75, 3.05) is 4.72 Å². The van der Waals surface area contributed by atoms with Crippen LogP contribution in [0.15, 0.2) is 87.0 Å². The molecule has 162 valence electrons. The number of ether oxygens (including phenoxy) is 1. The summed E-state index contributed by atoms with van der Waals surface area (Å²) in [6, 6.07) is 18.6. The Morgan fingerprint density at radius 1 is 1.03 bits per heavy atom. The van der Waals surface area contributed by atoms with Crippen molar-refractivity contribution in [3.05, 3.63) is 93.2 Å². The summed E-state index contributed by atoms with van der Waals surface area (Å²) in [5.41, 5.74) is 0.343. The number of benzene rings is 3. The van der Waals surface area contributed by atoms with Crippen LogP contribution in [0.2, 0.25) is 0 Å². The number of anilines is 1. The van der Waals surface area contributed by atoms with Crippen LogP contribution in [0.1, 0.15) is 10.4 Å². The average molecular weight is 515 g/mol. The smallest absolute Gasteiger partial charge is 0.339 e. The van der Waals surface area contributed by atoms with E-state index in [-0.39, 0.29) is 10.5 Å². The topological polar surface area (TPSA) is 120 Å². The number of nitrogens with zero attached hydrogens (tertiary/aromatic N) is 3. The Kier molecular flexibility index (Phi) is 6.01. The molecule has 0 fully saturated rings. The summed E-state index contributed by atoms with van der Waals surface area (Å²) in [4.78, 5) is 24.8. The SMILES string of the molecule is O=C(OCn1nnc2ccccc2c1=O)c1cccc(S(=O)(=O)Nc2ccc(Br)cc2)c1. The molecule has 1 aromatic heterocycles. The van der Waals surface area contributed by atoms with E-state index >= 15 is 0 Å². The van der Waals surface area contributed by atoms with Crippen molar-refractivity contribution in [2.45, 2.75) is 11.6 Å². The maximum Gasteiger partial charge on any atom is 0.339 e. The number of hydrogen-bond acceptors (Lipinski definition) is 7. The van der Waals surface area contributed by atoms with E-state index in [1.165, 1.54) is 24.3 Å². The number of rotatable bonds is 6. The molecule has 0 amide bonds. The van der Waals surface area contributed by atoms with Crippen molar-refractivity contribution in [3.63, 3.8) is 0 Å². The summed E-state index contributed by atoms with van der Waals surface area (Å²) in [7, 11) is -3.93. The molecule has 0 bridgehead atoms. The maximum atomic E-state index is 12.7. The summed E-state index contributed by atoms with van der Waals surface area (Å²) in [6.07, 6.45) is 0. The minimum Gasteiger partial charge on any atom is -0.439 e. The number of aromatic nitrogens is 3. The molecule has 4 rings (SSSR count). The van der Waals surface area contributed by atoms with Crippen LogP contribution in [0, 0.1) is 0 Å². The minimum absolute atomic E-state index is 0.00507. The third-order valence-electron chi connectivity index (χ3n) is 4.42. The zero-order valence-corrected chi connectivity index (χ0v) is 18.7. The average Bonchev–Trinajstić information content (AvgIpc) is 2.80. The van der Waals surface area contributed by atoms with Gasteiger partial charge in [0.25, 0.3) is 15.6 Å². The van der Waals surface area contributed by atoms with Gasteiger partial charge in [0, 0.05) is 10.2 Å². The van der Waals surface area contributed by atoms with Gasteiger partial charge in [-0.1, -0.05) is 39.3 Å². The summed E-state index contributed by atoms with van der Waals surface area (Å²) < 4.78 is 34.7. The standard InChI is InChI=1S/C21H15BrN4O5S/c22-15-8-10-16(11-9-15)24-32(29,30)17-5-3-4-14(12-17)21(28)31-13-26-20(27)18-6-1-2-7-19(18)23-25-26/h1-12,24H,13H2. The third-order valence-corrected chi connectivity index (χ3v) is 6.33. The van der Waals surface area contributed by atoms with Crippen LogP contribution in [0.4, 0.5) is 5.69 Å². The van der Waals surface area contributed by atoms with Gasteiger partial charge >= 0.3 is 5.97 Å². The van der Waals surface area contributed by atoms with Crippen molar-refractivity contribution in [1.82, 2.24) is 15.0 Å². The predicted octanol–water partition coefficient (Wildman–Crippen LogP) is 3.17. The molecule has 0 aliphatic heterocycles. The molecule has 0 aliphatic rings. The lowest BCUT2D eigenvalue weighted by molar-refractivity contribution is 0.0336. The summed E-state index contributed by atoms with van der Waals surface area (Å²) in [5, 5.41) is 8.00. The Morgan fingerprint density at radius 2 is 1.78 bits per heavy atom. The molecule has 0 saturated heterocycles. The van der Waals surface area contributed by atoms with Crippen LogP contribution in [0.5, 0.6) is 0 Å². The highest BCUT2D eigenvalue weighted by molar-refractivity contribution is 9.10. The van der Waals surface area contributed by atoms with Gasteiger partial charge in [-0.15, -0.1) is 5.10 Å². The fourth-order valence-corrected chi connectivity index (χ4v) is 4.20. The molecule has 0 atom stereocenters. The highest BCUT2D eigenvalue weighted by Gasteiger charge is 2.18. The van der Waals surface area contributed by atoms with Crippen molar-refractivity contribution >= 4 is 48.5 Å². The molecule has 4 aromatic rings. The second-order valence-electron chi connectivity index (χ2n) is 6.61. The molecule has 0 spiro atoms. The van der Waals surface area contributed by atoms with E-state index in [1.54, 1.807) is 48.5 Å². The van der Waals surface area contributed by atoms with Crippen molar-refractivity contribution in [3.8, 4) is 0 Å². The number of halogens is 1. The highest BCUT2D eigenvalue weighted by atomic mass is 79.9. The lowest BCUT2D eigenvalue weighted by atomic mass is 10.2. The summed E-state index contributed by atoms with van der Waals surface area (Å²) in [6.45, 7) is -0.469. The molecular weight excluding hydrogens is 500 g/mol. The van der Waals surface area contributed by atoms with Gasteiger partial charge in [-0.05, 0) is 54.6 Å². The van der Waals surface area contributed by atoms with E-state index in [0.717, 1.165) is 9.15 Å². The fraction of sp³-hybridized carbons (Fsp3) is 0.0476. The Labute approximate surface area is 190 Å². The largest absolute Gasteiger partial charge is 0.439 e. The number of nitrogens with one attached hydrogen (secondary N) is 1. The Balaban J connectivity index is 1.50. The minimum atomic E-state index is -3.93. The van der Waals surface area contributed by atoms with Crippen molar-refractivity contribution in [1.29, 1.82) is 0 Å². The molecule has 0 aliphatic carbocycles. The number of hydrogen-bond donors (Lipinski definition) is 1. The molecule has 1 N–H and O–H groups in total. The predicted molar refractivity (Wildman–Crippen MR) is 121 cm³/mol. The number of esters is 1. The maximum absolute atomic E-state index is 12.7. The summed E-state index contributed by atoms with van der Waals surface area (Å²) >= 11 is 3.28. The second-order valence-corrected chi connectivity index (χ2v) is 9.21. The molecule has 1 heterocycles. The van der Waals surface area contributed by atoms with Gasteiger partial charge in [-0.3, -0.25) is 9.52 Å². The van der Waals surface area contributed by atoms with Crippen LogP contribution in [0.25, 0.3) is 10.9 Å². The second kappa shape index (κ2) is 8.89. The molecule has 0 saturated carbocycles. The first-order valence-corrected chi connectivity index (χ1v) is 11.5. The van der Waals surface area contributed by atoms with Crippen molar-refractivity contribution < 1.29 is 17.9 Å². The van der Waals surface area contributed by atoms with E-state index in [0.29, 0.717) is 16.6 Å². The van der Waals surface area contributed by atoms with Crippen molar-refractivity contribution in [2.24, 2.45) is 0 Å². The molecule has 3 aromatic carbocycles. The van der Waals surface area contributed by atoms with Crippen LogP contribution < -0.4 is 10.3 Å². The molecule has 0 radical (unpaired) electrons. The molecule has 0 unspecified atom stereocenters. The summed E-state index contributed by atoms with van der Waals surface area (Å²) in [5.74, 6) is -0.812. The molecule has 32 heavy (non-hydrogen) atoms. The number of sulfonamides is 1. The van der Waals surface area contributed by atoms with Gasteiger partial charge in [-0.25, -0.2) is 13.2 Å². The highest BCUT2D eigenvalue weighted by Crippen LogP contribution is 2.19. The van der Waals surface area contributed by atoms with Gasteiger partial charge in [0.05, 0.1) is 15.8 Å². The third kappa shape index (κ3) is 4.68. The van der Waals surface area contributed by atoms with Crippen LogP contribution in [-0.2, 0) is 21.5 Å².